The van der Waals surface area contributed by atoms with Crippen LogP contribution in [0.5, 0.6) is 0 Å². The van der Waals surface area contributed by atoms with Crippen LogP contribution in [0.25, 0.3) is 0 Å². The summed E-state index contributed by atoms with van der Waals surface area (Å²) in [7, 11) is -3.81. The number of nitrogens with zero attached hydrogens (tertiary/aromatic N) is 3. The molecule has 5 nitrogen and oxygen atoms in total. The van der Waals surface area contributed by atoms with E-state index in [1.165, 1.54) is 11.8 Å². The third kappa shape index (κ3) is 4.61. The van der Waals surface area contributed by atoms with Gasteiger partial charge in [-0.05, 0) is 42.7 Å². The predicted octanol–water partition coefficient (Wildman–Crippen LogP) is 3.26. The molecule has 2 aromatic rings. The van der Waals surface area contributed by atoms with E-state index in [4.69, 9.17) is 0 Å². The zero-order chi connectivity index (χ0) is 20.1. The first-order valence-corrected chi connectivity index (χ1v) is 10.8. The maximum atomic E-state index is 12.9. The summed E-state index contributed by atoms with van der Waals surface area (Å²) in [6.45, 7) is 7.73. The maximum absolute atomic E-state index is 12.9. The van der Waals surface area contributed by atoms with Crippen molar-refractivity contribution in [2.45, 2.75) is 25.3 Å². The minimum absolute atomic E-state index is 0.172. The molecule has 0 radical (unpaired) electrons. The zero-order valence-corrected chi connectivity index (χ0v) is 17.1. The number of benzene rings is 2. The van der Waals surface area contributed by atoms with E-state index in [1.807, 2.05) is 43.0 Å². The quantitative estimate of drug-likeness (QED) is 0.727. The van der Waals surface area contributed by atoms with Gasteiger partial charge >= 0.3 is 0 Å². The third-order valence-electron chi connectivity index (χ3n) is 5.14. The second kappa shape index (κ2) is 8.59. The van der Waals surface area contributed by atoms with Gasteiger partial charge in [0.05, 0.1) is 4.90 Å². The topological polar surface area (TPSA) is 64.4 Å². The highest BCUT2D eigenvalue weighted by atomic mass is 32.2. The van der Waals surface area contributed by atoms with Gasteiger partial charge in [-0.25, -0.2) is 8.42 Å². The second-order valence-electron chi connectivity index (χ2n) is 7.15. The Labute approximate surface area is 167 Å². The van der Waals surface area contributed by atoms with Crippen molar-refractivity contribution >= 4 is 9.84 Å². The molecule has 28 heavy (non-hydrogen) atoms. The van der Waals surface area contributed by atoms with Gasteiger partial charge < -0.3 is 4.90 Å². The number of sulfone groups is 1. The highest BCUT2D eigenvalue weighted by Crippen LogP contribution is 2.22. The van der Waals surface area contributed by atoms with E-state index in [2.05, 4.69) is 17.0 Å². The molecular weight excluding hydrogens is 370 g/mol. The Bertz CT molecular complexity index is 1000. The van der Waals surface area contributed by atoms with Crippen LogP contribution in [-0.4, -0.2) is 44.4 Å². The van der Waals surface area contributed by atoms with Gasteiger partial charge in [-0.15, -0.1) is 0 Å². The first-order valence-electron chi connectivity index (χ1n) is 9.35. The van der Waals surface area contributed by atoms with Crippen molar-refractivity contribution in [1.82, 2.24) is 9.80 Å². The summed E-state index contributed by atoms with van der Waals surface area (Å²) in [6.07, 6.45) is 1.50. The smallest absolute Gasteiger partial charge is 0.218 e. The summed E-state index contributed by atoms with van der Waals surface area (Å²) in [5.41, 5.74) is 3.19. The molecule has 0 atom stereocenters. The maximum Gasteiger partial charge on any atom is 0.218 e. The molecule has 1 heterocycles. The van der Waals surface area contributed by atoms with E-state index in [0.717, 1.165) is 30.8 Å². The summed E-state index contributed by atoms with van der Waals surface area (Å²) < 4.78 is 25.8. The monoisotopic (exact) mass is 395 g/mol. The van der Waals surface area contributed by atoms with Crippen molar-refractivity contribution in [3.05, 3.63) is 76.3 Å². The molecule has 0 aromatic heterocycles. The van der Waals surface area contributed by atoms with Crippen molar-refractivity contribution in [3.63, 3.8) is 0 Å². The SMILES string of the molecule is Cc1ccc(S(=O)(=O)/C(C#N)=C\N2CCN(Cc3ccccc3)CC2)cc1C. The highest BCUT2D eigenvalue weighted by molar-refractivity contribution is 7.95. The van der Waals surface area contributed by atoms with E-state index in [1.54, 1.807) is 18.2 Å². The molecule has 1 aliphatic heterocycles. The Morgan fingerprint density at radius 2 is 1.71 bits per heavy atom. The number of hydrogen-bond acceptors (Lipinski definition) is 5. The van der Waals surface area contributed by atoms with Crippen molar-refractivity contribution in [2.75, 3.05) is 26.2 Å². The molecule has 0 amide bonds. The van der Waals surface area contributed by atoms with E-state index >= 15 is 0 Å². The molecule has 0 unspecified atom stereocenters. The Morgan fingerprint density at radius 3 is 2.32 bits per heavy atom. The predicted molar refractivity (Wildman–Crippen MR) is 110 cm³/mol. The van der Waals surface area contributed by atoms with Crippen LogP contribution in [0, 0.1) is 25.2 Å². The average molecular weight is 396 g/mol. The summed E-state index contributed by atoms with van der Waals surface area (Å²) in [5, 5.41) is 9.49. The van der Waals surface area contributed by atoms with Crippen LogP contribution < -0.4 is 0 Å². The van der Waals surface area contributed by atoms with Gasteiger partial charge in [-0.2, -0.15) is 5.26 Å². The third-order valence-corrected chi connectivity index (χ3v) is 6.79. The normalized spacial score (nSPS) is 16.0. The van der Waals surface area contributed by atoms with Gasteiger partial charge in [-0.1, -0.05) is 36.4 Å². The molecule has 1 aliphatic rings. The number of aryl methyl sites for hydroxylation is 2. The molecule has 1 saturated heterocycles. The summed E-state index contributed by atoms with van der Waals surface area (Å²) in [5.74, 6) is 0. The van der Waals surface area contributed by atoms with Crippen LogP contribution in [-0.2, 0) is 16.4 Å². The zero-order valence-electron chi connectivity index (χ0n) is 16.3. The molecule has 146 valence electrons. The van der Waals surface area contributed by atoms with Crippen molar-refractivity contribution in [2.24, 2.45) is 0 Å². The van der Waals surface area contributed by atoms with E-state index in [9.17, 15) is 13.7 Å². The van der Waals surface area contributed by atoms with Gasteiger partial charge in [0.15, 0.2) is 4.91 Å². The lowest BCUT2D eigenvalue weighted by molar-refractivity contribution is 0.162. The summed E-state index contributed by atoms with van der Waals surface area (Å²) in [6, 6.07) is 17.2. The van der Waals surface area contributed by atoms with Gasteiger partial charge in [-0.3, -0.25) is 4.90 Å². The summed E-state index contributed by atoms with van der Waals surface area (Å²) in [4.78, 5) is 4.24. The number of piperazine rings is 1. The van der Waals surface area contributed by atoms with Crippen LogP contribution in [0.3, 0.4) is 0 Å². The van der Waals surface area contributed by atoms with Crippen LogP contribution in [0.1, 0.15) is 16.7 Å². The Morgan fingerprint density at radius 1 is 1.04 bits per heavy atom. The van der Waals surface area contributed by atoms with Gasteiger partial charge in [0.1, 0.15) is 6.07 Å². The standard InChI is InChI=1S/C22H25N3O2S/c1-18-8-9-21(14-19(18)2)28(26,27)22(15-23)17-25-12-10-24(11-13-25)16-20-6-4-3-5-7-20/h3-9,14,17H,10-13,16H2,1-2H3/b22-17-. The van der Waals surface area contributed by atoms with Gasteiger partial charge in [0.2, 0.25) is 9.84 Å². The lowest BCUT2D eigenvalue weighted by Crippen LogP contribution is -2.43. The van der Waals surface area contributed by atoms with E-state index < -0.39 is 9.84 Å². The van der Waals surface area contributed by atoms with Gasteiger partial charge in [0, 0.05) is 38.9 Å². The fraction of sp³-hybridized carbons (Fsp3) is 0.318. The van der Waals surface area contributed by atoms with Crippen LogP contribution in [0.2, 0.25) is 0 Å². The van der Waals surface area contributed by atoms with Crippen molar-refractivity contribution in [3.8, 4) is 6.07 Å². The molecule has 6 heteroatoms. The largest absolute Gasteiger partial charge is 0.373 e. The van der Waals surface area contributed by atoms with Crippen LogP contribution in [0.15, 0.2) is 64.5 Å². The molecule has 3 rings (SSSR count). The van der Waals surface area contributed by atoms with Crippen molar-refractivity contribution < 1.29 is 8.42 Å². The molecule has 2 aromatic carbocycles. The van der Waals surface area contributed by atoms with Crippen LogP contribution >= 0.6 is 0 Å². The number of rotatable bonds is 5. The first-order chi connectivity index (χ1) is 13.4. The average Bonchev–Trinajstić information content (AvgIpc) is 2.70. The molecular formula is C22H25N3O2S. The molecule has 1 fully saturated rings. The fourth-order valence-corrected chi connectivity index (χ4v) is 4.47. The minimum Gasteiger partial charge on any atom is -0.373 e. The fourth-order valence-electron chi connectivity index (χ4n) is 3.22. The Balaban J connectivity index is 1.69. The van der Waals surface area contributed by atoms with E-state index in [0.29, 0.717) is 13.1 Å². The first kappa shape index (κ1) is 20.1. The second-order valence-corrected chi connectivity index (χ2v) is 9.07. The molecule has 0 spiro atoms. The highest BCUT2D eigenvalue weighted by Gasteiger charge is 2.23. The van der Waals surface area contributed by atoms with Crippen LogP contribution in [0.4, 0.5) is 0 Å². The van der Waals surface area contributed by atoms with E-state index in [-0.39, 0.29) is 9.80 Å². The molecule has 0 saturated carbocycles. The molecule has 0 N–H and O–H groups in total. The lowest BCUT2D eigenvalue weighted by atomic mass is 10.1. The Kier molecular flexibility index (Phi) is 6.18. The molecule has 0 bridgehead atoms. The van der Waals surface area contributed by atoms with Crippen molar-refractivity contribution in [1.29, 1.82) is 5.26 Å². The lowest BCUT2D eigenvalue weighted by Gasteiger charge is -2.34. The number of allylic oxidation sites excluding steroid dienone is 1. The van der Waals surface area contributed by atoms with Gasteiger partial charge in [0.25, 0.3) is 0 Å². The molecule has 0 aliphatic carbocycles. The number of hydrogen-bond donors (Lipinski definition) is 0. The Hall–Kier alpha value is -2.62. The summed E-state index contributed by atoms with van der Waals surface area (Å²) >= 11 is 0. The minimum atomic E-state index is -3.81. The number of nitriles is 1.